The van der Waals surface area contributed by atoms with Crippen LogP contribution in [-0.4, -0.2) is 33.7 Å². The van der Waals surface area contributed by atoms with Crippen LogP contribution in [0.4, 0.5) is 4.39 Å². The van der Waals surface area contributed by atoms with E-state index >= 15 is 0 Å². The van der Waals surface area contributed by atoms with Crippen molar-refractivity contribution in [1.82, 2.24) is 14.7 Å². The van der Waals surface area contributed by atoms with Crippen molar-refractivity contribution in [3.63, 3.8) is 0 Å². The van der Waals surface area contributed by atoms with Gasteiger partial charge in [0, 0.05) is 26.3 Å². The number of halogens is 1. The predicted octanol–water partition coefficient (Wildman–Crippen LogP) is 2.57. The average molecular weight is 301 g/mol. The zero-order valence-corrected chi connectivity index (χ0v) is 12.9. The van der Waals surface area contributed by atoms with Crippen LogP contribution in [0.15, 0.2) is 30.5 Å². The maximum Gasteiger partial charge on any atom is 0.274 e. The van der Waals surface area contributed by atoms with Crippen molar-refractivity contribution in [2.45, 2.75) is 19.8 Å². The molecule has 1 saturated heterocycles. The number of carbonyl (C=O) groups excluding carboxylic acids is 1. The zero-order valence-electron chi connectivity index (χ0n) is 12.9. The highest BCUT2D eigenvalue weighted by molar-refractivity contribution is 5.92. The molecule has 1 aliphatic rings. The summed E-state index contributed by atoms with van der Waals surface area (Å²) in [5.41, 5.74) is 2.16. The van der Waals surface area contributed by atoms with E-state index in [1.807, 2.05) is 17.0 Å². The molecule has 0 aliphatic carbocycles. The number of rotatable bonds is 3. The minimum Gasteiger partial charge on any atom is -0.337 e. The molecular formula is C17H20FN3O. The van der Waals surface area contributed by atoms with Gasteiger partial charge in [0.15, 0.2) is 0 Å². The molecule has 0 bridgehead atoms. The second kappa shape index (κ2) is 5.91. The molecule has 4 nitrogen and oxygen atoms in total. The molecule has 116 valence electrons. The molecule has 1 amide bonds. The summed E-state index contributed by atoms with van der Waals surface area (Å²) in [6, 6.07) is 7.14. The number of nitrogens with zero attached hydrogens (tertiary/aromatic N) is 3. The van der Waals surface area contributed by atoms with Gasteiger partial charge in [-0.25, -0.2) is 4.39 Å². The predicted molar refractivity (Wildman–Crippen MR) is 82.1 cm³/mol. The normalized spacial score (nSPS) is 18.0. The van der Waals surface area contributed by atoms with Gasteiger partial charge in [-0.1, -0.05) is 12.1 Å². The Labute approximate surface area is 129 Å². The fraction of sp³-hybridized carbons (Fsp3) is 0.412. The summed E-state index contributed by atoms with van der Waals surface area (Å²) in [7, 11) is 1.80. The highest BCUT2D eigenvalue weighted by atomic mass is 19.1. The Bertz CT molecular complexity index is 695. The zero-order chi connectivity index (χ0) is 15.7. The van der Waals surface area contributed by atoms with E-state index in [2.05, 4.69) is 5.10 Å². The lowest BCUT2D eigenvalue weighted by atomic mass is 9.98. The average Bonchev–Trinajstić information content (AvgIpc) is 3.11. The minimum atomic E-state index is -0.156. The van der Waals surface area contributed by atoms with Gasteiger partial charge in [0.1, 0.15) is 11.5 Å². The van der Waals surface area contributed by atoms with Gasteiger partial charge in [0.05, 0.1) is 0 Å². The summed E-state index contributed by atoms with van der Waals surface area (Å²) in [6.45, 7) is 3.22. The number of benzene rings is 1. The Morgan fingerprint density at radius 1 is 1.41 bits per heavy atom. The van der Waals surface area contributed by atoms with E-state index in [1.165, 1.54) is 0 Å². The monoisotopic (exact) mass is 301 g/mol. The number of hydrogen-bond acceptors (Lipinski definition) is 2. The standard InChI is InChI=1S/C17H20FN3O/c1-12-3-4-13(10-15(12)18)9-14-5-8-21(11-14)17(22)16-6-7-20(2)19-16/h3-4,6-7,10,14H,5,8-9,11H2,1-2H3. The first-order valence-corrected chi connectivity index (χ1v) is 7.57. The van der Waals surface area contributed by atoms with Gasteiger partial charge >= 0.3 is 0 Å². The summed E-state index contributed by atoms with van der Waals surface area (Å²) in [4.78, 5) is 14.2. The number of amides is 1. The largest absolute Gasteiger partial charge is 0.337 e. The Morgan fingerprint density at radius 3 is 2.91 bits per heavy atom. The Hall–Kier alpha value is -2.17. The SMILES string of the molecule is Cc1ccc(CC2CCN(C(=O)c3ccn(C)n3)C2)cc1F. The number of aromatic nitrogens is 2. The van der Waals surface area contributed by atoms with Gasteiger partial charge < -0.3 is 4.90 Å². The lowest BCUT2D eigenvalue weighted by Gasteiger charge is -2.15. The lowest BCUT2D eigenvalue weighted by Crippen LogP contribution is -2.29. The van der Waals surface area contributed by atoms with Crippen LogP contribution in [0.3, 0.4) is 0 Å². The van der Waals surface area contributed by atoms with Crippen LogP contribution in [0, 0.1) is 18.7 Å². The summed E-state index contributed by atoms with van der Waals surface area (Å²) in [5, 5.41) is 4.16. The van der Waals surface area contributed by atoms with Crippen molar-refractivity contribution < 1.29 is 9.18 Å². The molecule has 1 aliphatic heterocycles. The third kappa shape index (κ3) is 3.03. The third-order valence-corrected chi connectivity index (χ3v) is 4.27. The van der Waals surface area contributed by atoms with Crippen molar-refractivity contribution in [2.75, 3.05) is 13.1 Å². The molecule has 1 atom stereocenters. The molecule has 0 saturated carbocycles. The van der Waals surface area contributed by atoms with Crippen LogP contribution in [0.25, 0.3) is 0 Å². The second-order valence-electron chi connectivity index (χ2n) is 6.07. The number of hydrogen-bond donors (Lipinski definition) is 0. The molecule has 0 N–H and O–H groups in total. The van der Waals surface area contributed by atoms with Crippen molar-refractivity contribution in [3.05, 3.63) is 53.1 Å². The van der Waals surface area contributed by atoms with Gasteiger partial charge in [-0.05, 0) is 48.9 Å². The summed E-state index contributed by atoms with van der Waals surface area (Å²) in [5.74, 6) is 0.213. The Balaban J connectivity index is 1.62. The number of aryl methyl sites for hydroxylation is 2. The molecule has 3 rings (SSSR count). The van der Waals surface area contributed by atoms with Gasteiger partial charge in [-0.15, -0.1) is 0 Å². The maximum atomic E-state index is 13.6. The first kappa shape index (κ1) is 14.8. The van der Waals surface area contributed by atoms with Crippen LogP contribution in [0.5, 0.6) is 0 Å². The van der Waals surface area contributed by atoms with E-state index in [9.17, 15) is 9.18 Å². The molecule has 22 heavy (non-hydrogen) atoms. The quantitative estimate of drug-likeness (QED) is 0.874. The Morgan fingerprint density at radius 2 is 2.23 bits per heavy atom. The molecule has 0 radical (unpaired) electrons. The first-order chi connectivity index (χ1) is 10.5. The van der Waals surface area contributed by atoms with Crippen molar-refractivity contribution in [3.8, 4) is 0 Å². The van der Waals surface area contributed by atoms with Gasteiger partial charge in [-0.3, -0.25) is 9.48 Å². The van der Waals surface area contributed by atoms with Crippen LogP contribution in [0.2, 0.25) is 0 Å². The highest BCUT2D eigenvalue weighted by Crippen LogP contribution is 2.23. The minimum absolute atomic E-state index is 0.0156. The topological polar surface area (TPSA) is 38.1 Å². The molecule has 0 spiro atoms. The van der Waals surface area contributed by atoms with E-state index in [1.54, 1.807) is 37.0 Å². The fourth-order valence-corrected chi connectivity index (χ4v) is 2.97. The van der Waals surface area contributed by atoms with Gasteiger partial charge in [0.2, 0.25) is 0 Å². The van der Waals surface area contributed by atoms with E-state index in [-0.39, 0.29) is 11.7 Å². The van der Waals surface area contributed by atoms with Gasteiger partial charge in [-0.2, -0.15) is 5.10 Å². The molecular weight excluding hydrogens is 281 g/mol. The van der Waals surface area contributed by atoms with Crippen LogP contribution >= 0.6 is 0 Å². The smallest absolute Gasteiger partial charge is 0.274 e. The number of carbonyl (C=O) groups is 1. The van der Waals surface area contributed by atoms with E-state index < -0.39 is 0 Å². The summed E-state index contributed by atoms with van der Waals surface area (Å²) in [6.07, 6.45) is 3.53. The third-order valence-electron chi connectivity index (χ3n) is 4.27. The molecule has 1 aromatic carbocycles. The van der Waals surface area contributed by atoms with Crippen LogP contribution < -0.4 is 0 Å². The van der Waals surface area contributed by atoms with E-state index in [0.717, 1.165) is 24.9 Å². The van der Waals surface area contributed by atoms with Crippen LogP contribution in [0.1, 0.15) is 28.0 Å². The Kier molecular flexibility index (Phi) is 3.96. The molecule has 5 heteroatoms. The van der Waals surface area contributed by atoms with Crippen molar-refractivity contribution in [2.24, 2.45) is 13.0 Å². The maximum absolute atomic E-state index is 13.6. The van der Waals surface area contributed by atoms with E-state index in [4.69, 9.17) is 0 Å². The lowest BCUT2D eigenvalue weighted by molar-refractivity contribution is 0.0780. The molecule has 1 unspecified atom stereocenters. The molecule has 2 heterocycles. The second-order valence-corrected chi connectivity index (χ2v) is 6.07. The van der Waals surface area contributed by atoms with Gasteiger partial charge in [0.25, 0.3) is 5.91 Å². The fourth-order valence-electron chi connectivity index (χ4n) is 2.97. The molecule has 2 aromatic rings. The molecule has 1 fully saturated rings. The van der Waals surface area contributed by atoms with Crippen molar-refractivity contribution >= 4 is 5.91 Å². The first-order valence-electron chi connectivity index (χ1n) is 7.57. The van der Waals surface area contributed by atoms with Crippen LogP contribution in [-0.2, 0) is 13.5 Å². The number of likely N-dealkylation sites (tertiary alicyclic amines) is 1. The van der Waals surface area contributed by atoms with Crippen molar-refractivity contribution in [1.29, 1.82) is 0 Å². The summed E-state index contributed by atoms with van der Waals surface area (Å²) >= 11 is 0. The molecule has 1 aromatic heterocycles. The summed E-state index contributed by atoms with van der Waals surface area (Å²) < 4.78 is 15.2. The highest BCUT2D eigenvalue weighted by Gasteiger charge is 2.28. The van der Waals surface area contributed by atoms with E-state index in [0.29, 0.717) is 23.7 Å².